The third-order valence-electron chi connectivity index (χ3n) is 2.05. The number of hydrogen-bond donors (Lipinski definition) is 1. The molecule has 1 aromatic heterocycles. The van der Waals surface area contributed by atoms with Gasteiger partial charge in [0.25, 0.3) is 5.91 Å². The van der Waals surface area contributed by atoms with E-state index in [-0.39, 0.29) is 5.91 Å². The van der Waals surface area contributed by atoms with E-state index in [1.807, 2.05) is 0 Å². The fourth-order valence-corrected chi connectivity index (χ4v) is 1.50. The molecule has 0 radical (unpaired) electrons. The van der Waals surface area contributed by atoms with Gasteiger partial charge in [-0.3, -0.25) is 9.48 Å². The van der Waals surface area contributed by atoms with Gasteiger partial charge in [0.2, 0.25) is 0 Å². The molecule has 4 nitrogen and oxygen atoms in total. The summed E-state index contributed by atoms with van der Waals surface area (Å²) in [5.74, 6) is -0.199. The molecule has 0 saturated carbocycles. The standard InChI is InChI=1S/C11H10ClN3O/c1-15-7-8(6-13-15)11(16)14-10-4-2-3-9(12)5-10/h2-7H,1H3,(H,14,16). The summed E-state index contributed by atoms with van der Waals surface area (Å²) < 4.78 is 1.58. The zero-order chi connectivity index (χ0) is 11.5. The van der Waals surface area contributed by atoms with Crippen LogP contribution in [-0.2, 0) is 7.05 Å². The van der Waals surface area contributed by atoms with Crippen molar-refractivity contribution >= 4 is 23.2 Å². The second-order valence-electron chi connectivity index (χ2n) is 3.37. The number of benzene rings is 1. The molecule has 16 heavy (non-hydrogen) atoms. The summed E-state index contributed by atoms with van der Waals surface area (Å²) in [6.45, 7) is 0. The molecule has 0 fully saturated rings. The van der Waals surface area contributed by atoms with Crippen molar-refractivity contribution in [3.63, 3.8) is 0 Å². The number of hydrogen-bond acceptors (Lipinski definition) is 2. The van der Waals surface area contributed by atoms with Crippen LogP contribution in [0.3, 0.4) is 0 Å². The SMILES string of the molecule is Cn1cc(C(=O)Nc2cccc(Cl)c2)cn1. The van der Waals surface area contributed by atoms with Crippen LogP contribution in [0.1, 0.15) is 10.4 Å². The number of aryl methyl sites for hydroxylation is 1. The molecule has 2 aromatic rings. The summed E-state index contributed by atoms with van der Waals surface area (Å²) in [6, 6.07) is 7.00. The minimum atomic E-state index is -0.199. The zero-order valence-electron chi connectivity index (χ0n) is 8.64. The lowest BCUT2D eigenvalue weighted by molar-refractivity contribution is 0.102. The first-order valence-electron chi connectivity index (χ1n) is 4.71. The number of aromatic nitrogens is 2. The molecule has 0 aliphatic rings. The van der Waals surface area contributed by atoms with Crippen LogP contribution >= 0.6 is 11.6 Å². The first-order chi connectivity index (χ1) is 7.65. The van der Waals surface area contributed by atoms with Crippen molar-refractivity contribution in [2.24, 2.45) is 7.05 Å². The Balaban J connectivity index is 2.13. The average molecular weight is 236 g/mol. The Hall–Kier alpha value is -1.81. The quantitative estimate of drug-likeness (QED) is 0.869. The Bertz CT molecular complexity index is 521. The molecule has 1 heterocycles. The second kappa shape index (κ2) is 4.37. The molecule has 5 heteroatoms. The zero-order valence-corrected chi connectivity index (χ0v) is 9.40. The molecular weight excluding hydrogens is 226 g/mol. The van der Waals surface area contributed by atoms with Crippen molar-refractivity contribution in [3.8, 4) is 0 Å². The van der Waals surface area contributed by atoms with Crippen molar-refractivity contribution in [2.75, 3.05) is 5.32 Å². The molecule has 1 aromatic carbocycles. The van der Waals surface area contributed by atoms with Crippen molar-refractivity contribution in [3.05, 3.63) is 47.2 Å². The minimum absolute atomic E-state index is 0.199. The molecule has 0 aliphatic heterocycles. The van der Waals surface area contributed by atoms with Crippen molar-refractivity contribution < 1.29 is 4.79 Å². The Kier molecular flexibility index (Phi) is 2.92. The second-order valence-corrected chi connectivity index (χ2v) is 3.80. The van der Waals surface area contributed by atoms with E-state index in [0.29, 0.717) is 16.3 Å². The van der Waals surface area contributed by atoms with E-state index in [1.165, 1.54) is 6.20 Å². The van der Waals surface area contributed by atoms with Gasteiger partial charge in [0, 0.05) is 24.0 Å². The number of carbonyl (C=O) groups is 1. The summed E-state index contributed by atoms with van der Waals surface area (Å²) in [4.78, 5) is 11.7. The van der Waals surface area contributed by atoms with Gasteiger partial charge in [-0.25, -0.2) is 0 Å². The van der Waals surface area contributed by atoms with Crippen LogP contribution < -0.4 is 5.32 Å². The number of anilines is 1. The van der Waals surface area contributed by atoms with Crippen LogP contribution in [0.25, 0.3) is 0 Å². The molecule has 0 aliphatic carbocycles. The topological polar surface area (TPSA) is 46.9 Å². The third kappa shape index (κ3) is 2.41. The number of amides is 1. The molecule has 0 spiro atoms. The van der Waals surface area contributed by atoms with E-state index in [4.69, 9.17) is 11.6 Å². The van der Waals surface area contributed by atoms with Crippen LogP contribution in [0.5, 0.6) is 0 Å². The first-order valence-corrected chi connectivity index (χ1v) is 5.08. The predicted octanol–water partition coefficient (Wildman–Crippen LogP) is 2.33. The Labute approximate surface area is 97.8 Å². The molecule has 0 atom stereocenters. The maximum Gasteiger partial charge on any atom is 0.258 e. The highest BCUT2D eigenvalue weighted by molar-refractivity contribution is 6.30. The largest absolute Gasteiger partial charge is 0.322 e. The molecule has 0 bridgehead atoms. The number of nitrogens with zero attached hydrogens (tertiary/aromatic N) is 2. The number of rotatable bonds is 2. The predicted molar refractivity (Wildman–Crippen MR) is 62.6 cm³/mol. The van der Waals surface area contributed by atoms with E-state index < -0.39 is 0 Å². The van der Waals surface area contributed by atoms with E-state index in [0.717, 1.165) is 0 Å². The van der Waals surface area contributed by atoms with Gasteiger partial charge < -0.3 is 5.32 Å². The summed E-state index contributed by atoms with van der Waals surface area (Å²) in [6.07, 6.45) is 3.17. The maximum absolute atomic E-state index is 11.7. The van der Waals surface area contributed by atoms with Crippen LogP contribution in [0.15, 0.2) is 36.7 Å². The van der Waals surface area contributed by atoms with Crippen LogP contribution in [0.4, 0.5) is 5.69 Å². The maximum atomic E-state index is 11.7. The lowest BCUT2D eigenvalue weighted by Gasteiger charge is -2.03. The number of halogens is 1. The lowest BCUT2D eigenvalue weighted by atomic mass is 10.3. The third-order valence-corrected chi connectivity index (χ3v) is 2.28. The molecule has 82 valence electrons. The van der Waals surface area contributed by atoms with E-state index in [1.54, 1.807) is 42.2 Å². The van der Waals surface area contributed by atoms with Crippen LogP contribution in [0.2, 0.25) is 5.02 Å². The number of carbonyl (C=O) groups excluding carboxylic acids is 1. The minimum Gasteiger partial charge on any atom is -0.322 e. The number of nitrogens with one attached hydrogen (secondary N) is 1. The summed E-state index contributed by atoms with van der Waals surface area (Å²) >= 11 is 5.81. The van der Waals surface area contributed by atoms with Gasteiger partial charge in [0.15, 0.2) is 0 Å². The van der Waals surface area contributed by atoms with Gasteiger partial charge in [0.1, 0.15) is 0 Å². The van der Waals surface area contributed by atoms with Crippen molar-refractivity contribution in [1.29, 1.82) is 0 Å². The molecule has 1 N–H and O–H groups in total. The molecule has 0 saturated heterocycles. The summed E-state index contributed by atoms with van der Waals surface area (Å²) in [7, 11) is 1.76. The highest BCUT2D eigenvalue weighted by Crippen LogP contribution is 2.15. The van der Waals surface area contributed by atoms with E-state index in [2.05, 4.69) is 10.4 Å². The van der Waals surface area contributed by atoms with Gasteiger partial charge in [-0.1, -0.05) is 17.7 Å². The molecule has 2 rings (SSSR count). The smallest absolute Gasteiger partial charge is 0.258 e. The lowest BCUT2D eigenvalue weighted by Crippen LogP contribution is -2.10. The Morgan fingerprint density at radius 1 is 1.50 bits per heavy atom. The fourth-order valence-electron chi connectivity index (χ4n) is 1.31. The average Bonchev–Trinajstić information content (AvgIpc) is 2.65. The van der Waals surface area contributed by atoms with Gasteiger partial charge in [-0.15, -0.1) is 0 Å². The van der Waals surface area contributed by atoms with Gasteiger partial charge in [0.05, 0.1) is 11.8 Å². The highest BCUT2D eigenvalue weighted by Gasteiger charge is 2.07. The van der Waals surface area contributed by atoms with Crippen molar-refractivity contribution in [2.45, 2.75) is 0 Å². The van der Waals surface area contributed by atoms with Crippen LogP contribution in [0, 0.1) is 0 Å². The van der Waals surface area contributed by atoms with E-state index in [9.17, 15) is 4.79 Å². The monoisotopic (exact) mass is 235 g/mol. The van der Waals surface area contributed by atoms with Gasteiger partial charge >= 0.3 is 0 Å². The van der Waals surface area contributed by atoms with Gasteiger partial charge in [-0.05, 0) is 18.2 Å². The Morgan fingerprint density at radius 3 is 2.94 bits per heavy atom. The fraction of sp³-hybridized carbons (Fsp3) is 0.0909. The van der Waals surface area contributed by atoms with Crippen molar-refractivity contribution in [1.82, 2.24) is 9.78 Å². The highest BCUT2D eigenvalue weighted by atomic mass is 35.5. The molecular formula is C11H10ClN3O. The molecule has 0 unspecified atom stereocenters. The first kappa shape index (κ1) is 10.7. The molecule has 1 amide bonds. The summed E-state index contributed by atoms with van der Waals surface area (Å²) in [5, 5.41) is 7.25. The van der Waals surface area contributed by atoms with E-state index >= 15 is 0 Å². The normalized spacial score (nSPS) is 10.1. The summed E-state index contributed by atoms with van der Waals surface area (Å²) in [5.41, 5.74) is 1.18. The van der Waals surface area contributed by atoms with Crippen LogP contribution in [-0.4, -0.2) is 15.7 Å². The van der Waals surface area contributed by atoms with Gasteiger partial charge in [-0.2, -0.15) is 5.10 Å². The Morgan fingerprint density at radius 2 is 2.31 bits per heavy atom.